The number of rotatable bonds is 3. The molecule has 0 spiro atoms. The van der Waals surface area contributed by atoms with Crippen LogP contribution in [0.1, 0.15) is 30.3 Å². The molecule has 5 heteroatoms. The number of carboxylic acid groups (broad SMARTS) is 1. The highest BCUT2D eigenvalue weighted by molar-refractivity contribution is 5.85. The summed E-state index contributed by atoms with van der Waals surface area (Å²) < 4.78 is 5.37. The summed E-state index contributed by atoms with van der Waals surface area (Å²) in [5.74, 6) is -0.256. The molecule has 0 aromatic carbocycles. The summed E-state index contributed by atoms with van der Waals surface area (Å²) in [6, 6.07) is 5.41. The maximum absolute atomic E-state index is 10.9. The number of hydrogen-bond donors (Lipinski definition) is 1. The fourth-order valence-electron chi connectivity index (χ4n) is 2.39. The topological polar surface area (TPSA) is 62.7 Å². The van der Waals surface area contributed by atoms with Gasteiger partial charge in [-0.3, -0.25) is 0 Å². The van der Waals surface area contributed by atoms with E-state index in [-0.39, 0.29) is 5.69 Å². The average molecular weight is 250 g/mol. The highest BCUT2D eigenvalue weighted by Gasteiger charge is 2.26. The van der Waals surface area contributed by atoms with Gasteiger partial charge in [-0.1, -0.05) is 6.07 Å². The minimum absolute atomic E-state index is 0.0913. The molecule has 1 aliphatic heterocycles. The monoisotopic (exact) mass is 250 g/mol. The number of pyridine rings is 1. The van der Waals surface area contributed by atoms with E-state index in [1.807, 2.05) is 6.07 Å². The normalized spacial score (nSPS) is 24.0. The highest BCUT2D eigenvalue weighted by Crippen LogP contribution is 2.24. The van der Waals surface area contributed by atoms with Gasteiger partial charge in [-0.25, -0.2) is 9.78 Å². The Balaban J connectivity index is 2.16. The standard InChI is InChI=1S/C13H18N2O3/c1-9-8-10(18-2)6-7-15(9)12-5-3-4-11(14-12)13(16)17/h3-5,9-10H,6-8H2,1-2H3,(H,16,17). The van der Waals surface area contributed by atoms with E-state index in [1.165, 1.54) is 6.07 Å². The molecular weight excluding hydrogens is 232 g/mol. The SMILES string of the molecule is COC1CCN(c2cccc(C(=O)O)n2)C(C)C1. The zero-order chi connectivity index (χ0) is 13.1. The van der Waals surface area contributed by atoms with Crippen molar-refractivity contribution in [2.75, 3.05) is 18.6 Å². The van der Waals surface area contributed by atoms with Crippen LogP contribution < -0.4 is 4.90 Å². The molecule has 5 nitrogen and oxygen atoms in total. The van der Waals surface area contributed by atoms with E-state index in [9.17, 15) is 4.79 Å². The molecule has 98 valence electrons. The first-order valence-electron chi connectivity index (χ1n) is 6.11. The second-order valence-corrected chi connectivity index (χ2v) is 4.61. The fraction of sp³-hybridized carbons (Fsp3) is 0.538. The third kappa shape index (κ3) is 2.61. The first kappa shape index (κ1) is 12.8. The number of aromatic carboxylic acids is 1. The van der Waals surface area contributed by atoms with Crippen molar-refractivity contribution in [3.05, 3.63) is 23.9 Å². The summed E-state index contributed by atoms with van der Waals surface area (Å²) in [7, 11) is 1.73. The predicted molar refractivity (Wildman–Crippen MR) is 68.0 cm³/mol. The van der Waals surface area contributed by atoms with Gasteiger partial charge in [-0.15, -0.1) is 0 Å². The molecule has 1 aromatic rings. The van der Waals surface area contributed by atoms with E-state index in [4.69, 9.17) is 9.84 Å². The average Bonchev–Trinajstić information content (AvgIpc) is 2.38. The number of nitrogens with zero attached hydrogens (tertiary/aromatic N) is 2. The van der Waals surface area contributed by atoms with Crippen molar-refractivity contribution < 1.29 is 14.6 Å². The Bertz CT molecular complexity index is 436. The zero-order valence-electron chi connectivity index (χ0n) is 10.7. The van der Waals surface area contributed by atoms with Gasteiger partial charge in [0.25, 0.3) is 0 Å². The molecule has 2 rings (SSSR count). The van der Waals surface area contributed by atoms with Gasteiger partial charge in [0.05, 0.1) is 6.10 Å². The molecule has 2 unspecified atom stereocenters. The Morgan fingerprint density at radius 1 is 1.56 bits per heavy atom. The Labute approximate surface area is 106 Å². The van der Waals surface area contributed by atoms with Gasteiger partial charge in [0.2, 0.25) is 0 Å². The molecule has 0 bridgehead atoms. The summed E-state index contributed by atoms with van der Waals surface area (Å²) >= 11 is 0. The molecule has 1 aromatic heterocycles. The predicted octanol–water partition coefficient (Wildman–Crippen LogP) is 1.78. The molecule has 0 amide bonds. The Hall–Kier alpha value is -1.62. The van der Waals surface area contributed by atoms with Crippen LogP contribution in [-0.4, -0.2) is 41.9 Å². The van der Waals surface area contributed by atoms with Crippen molar-refractivity contribution in [3.63, 3.8) is 0 Å². The van der Waals surface area contributed by atoms with Gasteiger partial charge in [-0.2, -0.15) is 0 Å². The lowest BCUT2D eigenvalue weighted by molar-refractivity contribution is 0.0686. The third-order valence-electron chi connectivity index (χ3n) is 3.41. The number of piperidine rings is 1. The van der Waals surface area contributed by atoms with Crippen molar-refractivity contribution >= 4 is 11.8 Å². The molecule has 18 heavy (non-hydrogen) atoms. The van der Waals surface area contributed by atoms with Crippen molar-refractivity contribution in [1.29, 1.82) is 0 Å². The molecule has 2 atom stereocenters. The summed E-state index contributed by atoms with van der Waals surface area (Å²) in [6.45, 7) is 2.95. The Morgan fingerprint density at radius 3 is 2.94 bits per heavy atom. The molecule has 1 aliphatic rings. The molecule has 0 aliphatic carbocycles. The van der Waals surface area contributed by atoms with Crippen molar-refractivity contribution in [3.8, 4) is 0 Å². The lowest BCUT2D eigenvalue weighted by Gasteiger charge is -2.38. The summed E-state index contributed by atoms with van der Waals surface area (Å²) in [6.07, 6.45) is 2.17. The number of carboxylic acids is 1. The van der Waals surface area contributed by atoms with Gasteiger partial charge >= 0.3 is 5.97 Å². The smallest absolute Gasteiger partial charge is 0.354 e. The van der Waals surface area contributed by atoms with Crippen LogP contribution in [0.15, 0.2) is 18.2 Å². The Kier molecular flexibility index (Phi) is 3.81. The molecule has 1 fully saturated rings. The zero-order valence-corrected chi connectivity index (χ0v) is 10.7. The van der Waals surface area contributed by atoms with Gasteiger partial charge in [0.1, 0.15) is 5.82 Å². The van der Waals surface area contributed by atoms with E-state index < -0.39 is 5.97 Å². The van der Waals surface area contributed by atoms with Crippen LogP contribution in [0.25, 0.3) is 0 Å². The largest absolute Gasteiger partial charge is 0.477 e. The third-order valence-corrected chi connectivity index (χ3v) is 3.41. The second kappa shape index (κ2) is 5.35. The number of hydrogen-bond acceptors (Lipinski definition) is 4. The Morgan fingerprint density at radius 2 is 2.33 bits per heavy atom. The number of methoxy groups -OCH3 is 1. The first-order valence-corrected chi connectivity index (χ1v) is 6.11. The number of aromatic nitrogens is 1. The van der Waals surface area contributed by atoms with Gasteiger partial charge < -0.3 is 14.7 Å². The van der Waals surface area contributed by atoms with Gasteiger partial charge in [-0.05, 0) is 31.9 Å². The molecule has 1 N–H and O–H groups in total. The van der Waals surface area contributed by atoms with Crippen LogP contribution in [-0.2, 0) is 4.74 Å². The van der Waals surface area contributed by atoms with Crippen LogP contribution in [0.4, 0.5) is 5.82 Å². The lowest BCUT2D eigenvalue weighted by Crippen LogP contribution is -2.43. The maximum atomic E-state index is 10.9. The minimum atomic E-state index is -0.990. The van der Waals surface area contributed by atoms with E-state index in [0.717, 1.165) is 25.2 Å². The van der Waals surface area contributed by atoms with Gasteiger partial charge in [0, 0.05) is 19.7 Å². The van der Waals surface area contributed by atoms with Crippen LogP contribution in [0.5, 0.6) is 0 Å². The lowest BCUT2D eigenvalue weighted by atomic mass is 10.0. The van der Waals surface area contributed by atoms with Crippen molar-refractivity contribution in [2.45, 2.75) is 31.9 Å². The number of carbonyl (C=O) groups is 1. The second-order valence-electron chi connectivity index (χ2n) is 4.61. The van der Waals surface area contributed by atoms with Gasteiger partial charge in [0.15, 0.2) is 5.69 Å². The summed E-state index contributed by atoms with van der Waals surface area (Å²) in [5.41, 5.74) is 0.0913. The van der Waals surface area contributed by atoms with Crippen LogP contribution >= 0.6 is 0 Å². The van der Waals surface area contributed by atoms with E-state index in [1.54, 1.807) is 13.2 Å². The maximum Gasteiger partial charge on any atom is 0.354 e. The minimum Gasteiger partial charge on any atom is -0.477 e. The first-order chi connectivity index (χ1) is 8.61. The summed E-state index contributed by atoms with van der Waals surface area (Å²) in [5, 5.41) is 8.95. The quantitative estimate of drug-likeness (QED) is 0.886. The molecule has 1 saturated heterocycles. The van der Waals surface area contributed by atoms with E-state index in [0.29, 0.717) is 12.1 Å². The molecule has 2 heterocycles. The molecule has 0 radical (unpaired) electrons. The van der Waals surface area contributed by atoms with Crippen LogP contribution in [0.3, 0.4) is 0 Å². The van der Waals surface area contributed by atoms with E-state index in [2.05, 4.69) is 16.8 Å². The molecule has 0 saturated carbocycles. The van der Waals surface area contributed by atoms with Crippen LogP contribution in [0.2, 0.25) is 0 Å². The van der Waals surface area contributed by atoms with Crippen molar-refractivity contribution in [1.82, 2.24) is 4.98 Å². The number of ether oxygens (including phenoxy) is 1. The van der Waals surface area contributed by atoms with Crippen LogP contribution in [0, 0.1) is 0 Å². The fourth-order valence-corrected chi connectivity index (χ4v) is 2.39. The summed E-state index contributed by atoms with van der Waals surface area (Å²) in [4.78, 5) is 17.2. The number of anilines is 1. The van der Waals surface area contributed by atoms with E-state index >= 15 is 0 Å². The highest BCUT2D eigenvalue weighted by atomic mass is 16.5. The molecular formula is C13H18N2O3. The van der Waals surface area contributed by atoms with Crippen molar-refractivity contribution in [2.24, 2.45) is 0 Å².